The van der Waals surface area contributed by atoms with Crippen molar-refractivity contribution >= 4 is 21.4 Å². The average molecular weight is 307 g/mol. The monoisotopic (exact) mass is 307 g/mol. The van der Waals surface area contributed by atoms with Crippen molar-refractivity contribution in [3.05, 3.63) is 45.9 Å². The predicted octanol–water partition coefficient (Wildman–Crippen LogP) is 2.00. The number of hydrogen-bond acceptors (Lipinski definition) is 5. The fourth-order valence-electron chi connectivity index (χ4n) is 1.62. The lowest BCUT2D eigenvalue weighted by atomic mass is 10.2. The Hall–Kier alpha value is -1.75. The summed E-state index contributed by atoms with van der Waals surface area (Å²) in [4.78, 5) is 4.39. The molecule has 0 bridgehead atoms. The second-order valence-electron chi connectivity index (χ2n) is 4.16. The SMILES string of the molecule is Cc1nc(CNS(=O)(=O)c2ccc(CC#N)cc2)cs1. The molecule has 2 rings (SSSR count). The van der Waals surface area contributed by atoms with Gasteiger partial charge >= 0.3 is 0 Å². The maximum absolute atomic E-state index is 12.1. The van der Waals surface area contributed by atoms with Crippen molar-refractivity contribution in [2.24, 2.45) is 0 Å². The molecular weight excluding hydrogens is 294 g/mol. The van der Waals surface area contributed by atoms with E-state index in [1.54, 1.807) is 12.1 Å². The molecule has 7 heteroatoms. The minimum Gasteiger partial charge on any atom is -0.245 e. The molecule has 1 aromatic heterocycles. The first-order chi connectivity index (χ1) is 9.51. The molecule has 2 aromatic rings. The fraction of sp³-hybridized carbons (Fsp3) is 0.231. The molecule has 0 saturated carbocycles. The van der Waals surface area contributed by atoms with Crippen LogP contribution in [0, 0.1) is 18.3 Å². The molecular formula is C13H13N3O2S2. The van der Waals surface area contributed by atoms with E-state index in [-0.39, 0.29) is 17.9 Å². The van der Waals surface area contributed by atoms with Gasteiger partial charge in [-0.05, 0) is 24.6 Å². The summed E-state index contributed by atoms with van der Waals surface area (Å²) in [5.41, 5.74) is 1.50. The zero-order valence-corrected chi connectivity index (χ0v) is 12.5. The van der Waals surface area contributed by atoms with Crippen LogP contribution < -0.4 is 4.72 Å². The van der Waals surface area contributed by atoms with E-state index in [4.69, 9.17) is 5.26 Å². The average Bonchev–Trinajstić information content (AvgIpc) is 2.84. The first-order valence-corrected chi connectivity index (χ1v) is 8.24. The smallest absolute Gasteiger partial charge is 0.240 e. The summed E-state index contributed by atoms with van der Waals surface area (Å²) < 4.78 is 26.7. The first-order valence-electron chi connectivity index (χ1n) is 5.88. The summed E-state index contributed by atoms with van der Waals surface area (Å²) in [6.45, 7) is 2.04. The van der Waals surface area contributed by atoms with E-state index in [0.717, 1.165) is 10.6 Å². The van der Waals surface area contributed by atoms with Crippen molar-refractivity contribution in [1.82, 2.24) is 9.71 Å². The number of benzene rings is 1. The Bertz CT molecular complexity index is 728. The summed E-state index contributed by atoms with van der Waals surface area (Å²) in [6, 6.07) is 8.31. The number of rotatable bonds is 5. The van der Waals surface area contributed by atoms with Crippen LogP contribution in [0.5, 0.6) is 0 Å². The number of nitriles is 1. The van der Waals surface area contributed by atoms with E-state index in [9.17, 15) is 8.42 Å². The standard InChI is InChI=1S/C13H13N3O2S2/c1-10-16-12(9-19-10)8-15-20(17,18)13-4-2-11(3-5-13)6-7-14/h2-5,9,15H,6,8H2,1H3. The zero-order chi connectivity index (χ0) is 14.6. The van der Waals surface area contributed by atoms with Gasteiger partial charge in [0.2, 0.25) is 10.0 Å². The molecule has 0 aliphatic rings. The highest BCUT2D eigenvalue weighted by Gasteiger charge is 2.14. The summed E-state index contributed by atoms with van der Waals surface area (Å²) in [5, 5.41) is 11.3. The van der Waals surface area contributed by atoms with Crippen LogP contribution in [0.1, 0.15) is 16.3 Å². The maximum Gasteiger partial charge on any atom is 0.240 e. The fourth-order valence-corrected chi connectivity index (χ4v) is 3.23. The Kier molecular flexibility index (Phi) is 4.49. The highest BCUT2D eigenvalue weighted by atomic mass is 32.2. The van der Waals surface area contributed by atoms with Crippen LogP contribution >= 0.6 is 11.3 Å². The second kappa shape index (κ2) is 6.13. The van der Waals surface area contributed by atoms with E-state index in [2.05, 4.69) is 9.71 Å². The van der Waals surface area contributed by atoms with Crippen LogP contribution in [0.4, 0.5) is 0 Å². The third kappa shape index (κ3) is 3.63. The van der Waals surface area contributed by atoms with Gasteiger partial charge in [0.1, 0.15) is 0 Å². The van der Waals surface area contributed by atoms with Crippen molar-refractivity contribution < 1.29 is 8.42 Å². The summed E-state index contributed by atoms with van der Waals surface area (Å²) in [5.74, 6) is 0. The Balaban J connectivity index is 2.08. The van der Waals surface area contributed by atoms with Gasteiger partial charge in [-0.25, -0.2) is 18.1 Å². The minimum atomic E-state index is -3.55. The number of aromatic nitrogens is 1. The van der Waals surface area contributed by atoms with E-state index in [1.807, 2.05) is 18.4 Å². The molecule has 5 nitrogen and oxygen atoms in total. The molecule has 0 spiro atoms. The van der Waals surface area contributed by atoms with E-state index in [1.165, 1.54) is 23.5 Å². The first kappa shape index (κ1) is 14.7. The Labute approximate surface area is 122 Å². The van der Waals surface area contributed by atoms with Gasteiger partial charge in [0, 0.05) is 5.38 Å². The summed E-state index contributed by atoms with van der Waals surface area (Å²) in [7, 11) is -3.55. The number of hydrogen-bond donors (Lipinski definition) is 1. The van der Waals surface area contributed by atoms with Crippen molar-refractivity contribution in [1.29, 1.82) is 5.26 Å². The summed E-state index contributed by atoms with van der Waals surface area (Å²) >= 11 is 1.48. The van der Waals surface area contributed by atoms with Crippen LogP contribution in [0.15, 0.2) is 34.5 Å². The van der Waals surface area contributed by atoms with Gasteiger partial charge in [-0.2, -0.15) is 5.26 Å². The molecule has 0 saturated heterocycles. The number of nitrogens with one attached hydrogen (secondary N) is 1. The third-order valence-electron chi connectivity index (χ3n) is 2.63. The molecule has 1 aromatic carbocycles. The van der Waals surface area contributed by atoms with Crippen molar-refractivity contribution in [3.63, 3.8) is 0 Å². The topological polar surface area (TPSA) is 82.8 Å². The lowest BCUT2D eigenvalue weighted by Gasteiger charge is -2.05. The number of aryl methyl sites for hydroxylation is 1. The number of nitrogens with zero attached hydrogens (tertiary/aromatic N) is 2. The van der Waals surface area contributed by atoms with Gasteiger partial charge in [0.25, 0.3) is 0 Å². The lowest BCUT2D eigenvalue weighted by molar-refractivity contribution is 0.580. The predicted molar refractivity (Wildman–Crippen MR) is 76.6 cm³/mol. The Morgan fingerprint density at radius 3 is 2.60 bits per heavy atom. The van der Waals surface area contributed by atoms with Crippen LogP contribution in [0.2, 0.25) is 0 Å². The van der Waals surface area contributed by atoms with E-state index >= 15 is 0 Å². The zero-order valence-electron chi connectivity index (χ0n) is 10.8. The molecule has 0 atom stereocenters. The Morgan fingerprint density at radius 2 is 2.05 bits per heavy atom. The Morgan fingerprint density at radius 1 is 1.35 bits per heavy atom. The quantitative estimate of drug-likeness (QED) is 0.915. The van der Waals surface area contributed by atoms with Crippen LogP contribution in [-0.4, -0.2) is 13.4 Å². The molecule has 0 unspecified atom stereocenters. The normalized spacial score (nSPS) is 11.2. The van der Waals surface area contributed by atoms with Gasteiger partial charge in [-0.3, -0.25) is 0 Å². The van der Waals surface area contributed by atoms with Crippen molar-refractivity contribution in [2.45, 2.75) is 24.8 Å². The van der Waals surface area contributed by atoms with Gasteiger partial charge in [-0.1, -0.05) is 12.1 Å². The highest BCUT2D eigenvalue weighted by Crippen LogP contribution is 2.12. The van der Waals surface area contributed by atoms with Crippen LogP contribution in [-0.2, 0) is 23.0 Å². The van der Waals surface area contributed by atoms with Crippen LogP contribution in [0.25, 0.3) is 0 Å². The summed E-state index contributed by atoms with van der Waals surface area (Å²) in [6.07, 6.45) is 0.270. The number of thiazole rings is 1. The van der Waals surface area contributed by atoms with Gasteiger partial charge < -0.3 is 0 Å². The molecule has 20 heavy (non-hydrogen) atoms. The van der Waals surface area contributed by atoms with E-state index in [0.29, 0.717) is 5.69 Å². The number of sulfonamides is 1. The molecule has 0 aliphatic carbocycles. The molecule has 1 heterocycles. The van der Waals surface area contributed by atoms with Gasteiger partial charge in [0.15, 0.2) is 0 Å². The van der Waals surface area contributed by atoms with Crippen molar-refractivity contribution in [3.8, 4) is 6.07 Å². The van der Waals surface area contributed by atoms with Crippen LogP contribution in [0.3, 0.4) is 0 Å². The molecule has 0 amide bonds. The molecule has 1 N–H and O–H groups in total. The second-order valence-corrected chi connectivity index (χ2v) is 6.99. The highest BCUT2D eigenvalue weighted by molar-refractivity contribution is 7.89. The largest absolute Gasteiger partial charge is 0.245 e. The molecule has 0 fully saturated rings. The minimum absolute atomic E-state index is 0.173. The van der Waals surface area contributed by atoms with E-state index < -0.39 is 10.0 Å². The van der Waals surface area contributed by atoms with Gasteiger partial charge in [-0.15, -0.1) is 11.3 Å². The maximum atomic E-state index is 12.1. The lowest BCUT2D eigenvalue weighted by Crippen LogP contribution is -2.23. The molecule has 104 valence electrons. The molecule has 0 aliphatic heterocycles. The third-order valence-corrected chi connectivity index (χ3v) is 4.87. The van der Waals surface area contributed by atoms with Gasteiger partial charge in [0.05, 0.1) is 34.6 Å². The molecule has 0 radical (unpaired) electrons. The van der Waals surface area contributed by atoms with Crippen molar-refractivity contribution in [2.75, 3.05) is 0 Å².